The van der Waals surface area contributed by atoms with Crippen molar-refractivity contribution in [3.8, 4) is 0 Å². The number of nitrogens with one attached hydrogen (secondary N) is 1. The molecule has 0 saturated heterocycles. The van der Waals surface area contributed by atoms with Gasteiger partial charge in [-0.2, -0.15) is 0 Å². The van der Waals surface area contributed by atoms with Gasteiger partial charge in [0.05, 0.1) is 11.1 Å². The summed E-state index contributed by atoms with van der Waals surface area (Å²) in [6.45, 7) is 1.41. The molecule has 1 aromatic heterocycles. The van der Waals surface area contributed by atoms with Crippen molar-refractivity contribution in [2.75, 3.05) is 5.32 Å². The Hall–Kier alpha value is -2.66. The molecule has 23 heavy (non-hydrogen) atoms. The number of rotatable bonds is 2. The first-order chi connectivity index (χ1) is 11.0. The van der Waals surface area contributed by atoms with Crippen molar-refractivity contribution in [3.63, 3.8) is 0 Å². The maximum Gasteiger partial charge on any atom is 0.257 e. The first kappa shape index (κ1) is 15.2. The van der Waals surface area contributed by atoms with Crippen molar-refractivity contribution >= 4 is 40.0 Å². The Kier molecular flexibility index (Phi) is 3.88. The second-order valence-electron chi connectivity index (χ2n) is 5.06. The summed E-state index contributed by atoms with van der Waals surface area (Å²) in [7, 11) is 0. The number of benzene rings is 2. The van der Waals surface area contributed by atoms with Crippen LogP contribution in [0.2, 0.25) is 5.02 Å². The van der Waals surface area contributed by atoms with Crippen LogP contribution in [0.15, 0.2) is 48.7 Å². The second kappa shape index (κ2) is 5.85. The molecule has 1 heterocycles. The van der Waals surface area contributed by atoms with Crippen LogP contribution in [0.5, 0.6) is 0 Å². The Balaban J connectivity index is 2.06. The molecule has 0 bridgehead atoms. The zero-order chi connectivity index (χ0) is 16.6. The van der Waals surface area contributed by atoms with E-state index >= 15 is 0 Å². The van der Waals surface area contributed by atoms with E-state index in [2.05, 4.69) is 5.32 Å². The molecule has 0 spiro atoms. The lowest BCUT2D eigenvalue weighted by Crippen LogP contribution is -2.12. The van der Waals surface area contributed by atoms with E-state index in [4.69, 9.17) is 11.6 Å². The average molecular weight is 331 g/mol. The molecule has 0 saturated carbocycles. The smallest absolute Gasteiger partial charge is 0.257 e. The molecular weight excluding hydrogens is 319 g/mol. The quantitative estimate of drug-likeness (QED) is 0.759. The Morgan fingerprint density at radius 2 is 1.96 bits per heavy atom. The summed E-state index contributed by atoms with van der Waals surface area (Å²) in [5.74, 6) is -1.11. The van der Waals surface area contributed by atoms with E-state index in [-0.39, 0.29) is 5.91 Å². The van der Waals surface area contributed by atoms with E-state index in [0.29, 0.717) is 27.2 Å². The van der Waals surface area contributed by atoms with Crippen LogP contribution in [0.3, 0.4) is 0 Å². The van der Waals surface area contributed by atoms with Crippen LogP contribution in [0.1, 0.15) is 22.1 Å². The maximum atomic E-state index is 13.2. The number of halogens is 2. The van der Waals surface area contributed by atoms with Gasteiger partial charge >= 0.3 is 0 Å². The Morgan fingerprint density at radius 1 is 1.17 bits per heavy atom. The summed E-state index contributed by atoms with van der Waals surface area (Å²) in [5, 5.41) is 3.63. The van der Waals surface area contributed by atoms with Gasteiger partial charge in [0, 0.05) is 29.2 Å². The van der Waals surface area contributed by atoms with E-state index in [1.807, 2.05) is 0 Å². The Bertz CT molecular complexity index is 933. The Labute approximate surface area is 136 Å². The topological polar surface area (TPSA) is 51.1 Å². The number of fused-ring (bicyclic) bond motifs is 1. The molecule has 0 aliphatic heterocycles. The summed E-state index contributed by atoms with van der Waals surface area (Å²) in [5.41, 5.74) is 1.22. The van der Waals surface area contributed by atoms with Gasteiger partial charge in [0.25, 0.3) is 5.91 Å². The van der Waals surface area contributed by atoms with Crippen molar-refractivity contribution in [3.05, 3.63) is 65.1 Å². The minimum absolute atomic E-state index is 0.220. The molecule has 0 unspecified atom stereocenters. The molecule has 3 rings (SSSR count). The van der Waals surface area contributed by atoms with Gasteiger partial charge in [-0.1, -0.05) is 17.7 Å². The van der Waals surface area contributed by atoms with Crippen LogP contribution in [0.4, 0.5) is 10.1 Å². The standard InChI is InChI=1S/C17H12ClFN2O2/c1-10(22)21-9-15(14-7-11(18)5-6-16(14)21)17(23)20-13-4-2-3-12(19)8-13/h2-9H,1H3,(H,20,23). The third-order valence-corrected chi connectivity index (χ3v) is 3.67. The minimum atomic E-state index is -0.447. The zero-order valence-corrected chi connectivity index (χ0v) is 12.9. The maximum absolute atomic E-state index is 13.2. The number of anilines is 1. The van der Waals surface area contributed by atoms with Crippen LogP contribution in [-0.2, 0) is 0 Å². The lowest BCUT2D eigenvalue weighted by molar-refractivity contribution is 0.0941. The predicted octanol–water partition coefficient (Wildman–Crippen LogP) is 4.35. The monoisotopic (exact) mass is 330 g/mol. The lowest BCUT2D eigenvalue weighted by atomic mass is 10.1. The molecule has 0 aliphatic carbocycles. The number of carbonyl (C=O) groups excluding carboxylic acids is 2. The van der Waals surface area contributed by atoms with Gasteiger partial charge in [-0.3, -0.25) is 14.2 Å². The summed E-state index contributed by atoms with van der Waals surface area (Å²) in [6, 6.07) is 10.5. The summed E-state index contributed by atoms with van der Waals surface area (Å²) in [4.78, 5) is 24.2. The van der Waals surface area contributed by atoms with Gasteiger partial charge in [0.1, 0.15) is 5.82 Å². The third-order valence-electron chi connectivity index (χ3n) is 3.43. The van der Waals surface area contributed by atoms with E-state index in [1.54, 1.807) is 24.3 Å². The number of amides is 1. The molecule has 1 N–H and O–H groups in total. The highest BCUT2D eigenvalue weighted by Crippen LogP contribution is 2.26. The van der Waals surface area contributed by atoms with Crippen LogP contribution in [0.25, 0.3) is 10.9 Å². The number of hydrogen-bond donors (Lipinski definition) is 1. The lowest BCUT2D eigenvalue weighted by Gasteiger charge is -2.04. The van der Waals surface area contributed by atoms with E-state index < -0.39 is 11.7 Å². The molecule has 3 aromatic rings. The van der Waals surface area contributed by atoms with Crippen molar-refractivity contribution in [2.45, 2.75) is 6.92 Å². The minimum Gasteiger partial charge on any atom is -0.322 e. The molecule has 116 valence electrons. The molecule has 6 heteroatoms. The molecular formula is C17H12ClFN2O2. The normalized spacial score (nSPS) is 10.7. The average Bonchev–Trinajstić information content (AvgIpc) is 2.86. The third kappa shape index (κ3) is 2.96. The van der Waals surface area contributed by atoms with Crippen molar-refractivity contribution in [1.82, 2.24) is 4.57 Å². The van der Waals surface area contributed by atoms with E-state index in [0.717, 1.165) is 0 Å². The molecule has 0 atom stereocenters. The molecule has 1 amide bonds. The van der Waals surface area contributed by atoms with Crippen LogP contribution >= 0.6 is 11.6 Å². The first-order valence-electron chi connectivity index (χ1n) is 6.84. The van der Waals surface area contributed by atoms with Crippen LogP contribution in [-0.4, -0.2) is 16.4 Å². The van der Waals surface area contributed by atoms with Gasteiger partial charge in [-0.15, -0.1) is 0 Å². The number of nitrogens with zero attached hydrogens (tertiary/aromatic N) is 1. The van der Waals surface area contributed by atoms with Gasteiger partial charge in [0.15, 0.2) is 0 Å². The summed E-state index contributed by atoms with van der Waals surface area (Å²) >= 11 is 5.99. The molecule has 0 radical (unpaired) electrons. The predicted molar refractivity (Wildman–Crippen MR) is 87.6 cm³/mol. The zero-order valence-electron chi connectivity index (χ0n) is 12.1. The van der Waals surface area contributed by atoms with Gasteiger partial charge < -0.3 is 5.32 Å². The van der Waals surface area contributed by atoms with Crippen molar-refractivity contribution in [2.24, 2.45) is 0 Å². The highest BCUT2D eigenvalue weighted by molar-refractivity contribution is 6.31. The molecule has 0 fully saturated rings. The van der Waals surface area contributed by atoms with E-state index in [1.165, 1.54) is 35.9 Å². The molecule has 2 aromatic carbocycles. The van der Waals surface area contributed by atoms with Crippen LogP contribution < -0.4 is 5.32 Å². The Morgan fingerprint density at radius 3 is 2.65 bits per heavy atom. The summed E-state index contributed by atoms with van der Waals surface area (Å²) < 4.78 is 14.6. The summed E-state index contributed by atoms with van der Waals surface area (Å²) in [6.07, 6.45) is 1.46. The van der Waals surface area contributed by atoms with Gasteiger partial charge in [-0.25, -0.2) is 4.39 Å². The fraction of sp³-hybridized carbons (Fsp3) is 0.0588. The number of hydrogen-bond acceptors (Lipinski definition) is 2. The largest absolute Gasteiger partial charge is 0.322 e. The van der Waals surface area contributed by atoms with E-state index in [9.17, 15) is 14.0 Å². The number of carbonyl (C=O) groups is 2. The van der Waals surface area contributed by atoms with Crippen molar-refractivity contribution < 1.29 is 14.0 Å². The highest BCUT2D eigenvalue weighted by Gasteiger charge is 2.17. The first-order valence-corrected chi connectivity index (χ1v) is 7.22. The fourth-order valence-electron chi connectivity index (χ4n) is 2.41. The fourth-order valence-corrected chi connectivity index (χ4v) is 2.58. The van der Waals surface area contributed by atoms with Crippen molar-refractivity contribution in [1.29, 1.82) is 0 Å². The number of aromatic nitrogens is 1. The SMILES string of the molecule is CC(=O)n1cc(C(=O)Nc2cccc(F)c2)c2cc(Cl)ccc21. The molecule has 0 aliphatic rings. The molecule has 4 nitrogen and oxygen atoms in total. The second-order valence-corrected chi connectivity index (χ2v) is 5.49. The van der Waals surface area contributed by atoms with Gasteiger partial charge in [-0.05, 0) is 36.4 Å². The van der Waals surface area contributed by atoms with Crippen LogP contribution in [0, 0.1) is 5.82 Å². The van der Waals surface area contributed by atoms with Gasteiger partial charge in [0.2, 0.25) is 5.91 Å². The highest BCUT2D eigenvalue weighted by atomic mass is 35.5.